The van der Waals surface area contributed by atoms with Gasteiger partial charge in [-0.1, -0.05) is 18.2 Å². The van der Waals surface area contributed by atoms with E-state index in [1.165, 1.54) is 17.6 Å². The van der Waals surface area contributed by atoms with Crippen LogP contribution in [0, 0.1) is 23.6 Å². The first-order valence-corrected chi connectivity index (χ1v) is 11.6. The number of sulfone groups is 1. The van der Waals surface area contributed by atoms with Crippen molar-refractivity contribution in [2.75, 3.05) is 11.5 Å². The van der Waals surface area contributed by atoms with Crippen LogP contribution >= 0.6 is 0 Å². The molecule has 34 heavy (non-hydrogen) atoms. The molecule has 0 aliphatic heterocycles. The Morgan fingerprint density at radius 2 is 1.76 bits per heavy atom. The minimum atomic E-state index is -4.22. The number of nitrogens with zero attached hydrogens (tertiary/aromatic N) is 1. The van der Waals surface area contributed by atoms with Crippen molar-refractivity contribution in [3.63, 3.8) is 0 Å². The molecule has 0 saturated heterocycles. The maximum atomic E-state index is 14.2. The van der Waals surface area contributed by atoms with Gasteiger partial charge in [0.15, 0.2) is 0 Å². The van der Waals surface area contributed by atoms with Crippen molar-refractivity contribution in [3.8, 4) is 0 Å². The zero-order chi connectivity index (χ0) is 25.4. The van der Waals surface area contributed by atoms with Crippen LogP contribution in [-0.4, -0.2) is 31.3 Å². The van der Waals surface area contributed by atoms with Crippen LogP contribution < -0.4 is 16.8 Å². The summed E-state index contributed by atoms with van der Waals surface area (Å²) >= 11 is 0. The van der Waals surface area contributed by atoms with Crippen LogP contribution in [0.1, 0.15) is 45.8 Å². The number of benzene rings is 2. The Morgan fingerprint density at radius 3 is 2.38 bits per heavy atom. The fourth-order valence-electron chi connectivity index (χ4n) is 3.63. The van der Waals surface area contributed by atoms with Gasteiger partial charge in [-0.25, -0.2) is 12.8 Å². The van der Waals surface area contributed by atoms with Crippen LogP contribution in [0.4, 0.5) is 15.8 Å². The van der Waals surface area contributed by atoms with Crippen LogP contribution in [0.25, 0.3) is 0 Å². The first-order chi connectivity index (χ1) is 15.9. The van der Waals surface area contributed by atoms with Gasteiger partial charge in [-0.2, -0.15) is 0 Å². The molecule has 178 valence electrons. The highest BCUT2D eigenvalue weighted by atomic mass is 32.2. The summed E-state index contributed by atoms with van der Waals surface area (Å²) in [7, 11) is -2.67. The van der Waals surface area contributed by atoms with Crippen LogP contribution in [-0.2, 0) is 16.9 Å². The van der Waals surface area contributed by atoms with E-state index in [0.29, 0.717) is 16.8 Å². The van der Waals surface area contributed by atoms with Gasteiger partial charge in [0.05, 0.1) is 21.5 Å². The highest BCUT2D eigenvalue weighted by Crippen LogP contribution is 2.30. The molecule has 0 fully saturated rings. The number of nitrogens with one attached hydrogen (secondary N) is 3. The molecule has 1 atom stereocenters. The number of carbonyl (C=O) groups excluding carboxylic acids is 1. The molecular weight excluding hydrogens is 459 g/mol. The third kappa shape index (κ3) is 4.17. The monoisotopic (exact) mass is 484 g/mol. The number of halogens is 1. The summed E-state index contributed by atoms with van der Waals surface area (Å²) < 4.78 is 42.2. The van der Waals surface area contributed by atoms with Crippen molar-refractivity contribution in [1.82, 2.24) is 9.88 Å². The number of para-hydroxylation sites is 1. The normalized spacial score (nSPS) is 12.2. The average molecular weight is 485 g/mol. The fraction of sp³-hybridized carbons (Fsp3) is 0.174. The summed E-state index contributed by atoms with van der Waals surface area (Å²) in [6.07, 6.45) is 1.89. The molecule has 0 spiro atoms. The van der Waals surface area contributed by atoms with E-state index in [9.17, 15) is 17.6 Å². The van der Waals surface area contributed by atoms with E-state index in [4.69, 9.17) is 22.3 Å². The van der Waals surface area contributed by atoms with E-state index in [1.54, 1.807) is 32.2 Å². The summed E-state index contributed by atoms with van der Waals surface area (Å²) in [5.41, 5.74) is 13.1. The third-order valence-corrected chi connectivity index (χ3v) is 7.60. The molecule has 7 N–H and O–H groups in total. The fourth-order valence-corrected chi connectivity index (χ4v) is 5.22. The van der Waals surface area contributed by atoms with Crippen LogP contribution in [0.2, 0.25) is 0 Å². The number of amides is 1. The summed E-state index contributed by atoms with van der Waals surface area (Å²) in [6.45, 7) is 3.25. The molecule has 0 saturated carbocycles. The van der Waals surface area contributed by atoms with Gasteiger partial charge in [0.2, 0.25) is 9.84 Å². The molecule has 0 aliphatic carbocycles. The minimum Gasteiger partial charge on any atom is -0.398 e. The van der Waals surface area contributed by atoms with Gasteiger partial charge in [0.25, 0.3) is 5.91 Å². The van der Waals surface area contributed by atoms with E-state index in [-0.39, 0.29) is 32.4 Å². The SMILES string of the molecule is Cc1c(S(=O)(=O)c2cc(F)c(N)c(C=N)c2)cc(C(=O)N[C@H](C)c2cccc(C=N)c2N)n1C. The molecule has 1 amide bonds. The predicted octanol–water partition coefficient (Wildman–Crippen LogP) is 2.96. The van der Waals surface area contributed by atoms with E-state index in [2.05, 4.69) is 5.32 Å². The summed E-state index contributed by atoms with van der Waals surface area (Å²) in [5, 5.41) is 17.6. The Labute approximate surface area is 196 Å². The zero-order valence-corrected chi connectivity index (χ0v) is 19.6. The lowest BCUT2D eigenvalue weighted by atomic mass is 10.0. The van der Waals surface area contributed by atoms with Crippen LogP contribution in [0.5, 0.6) is 0 Å². The quantitative estimate of drug-likeness (QED) is 0.256. The van der Waals surface area contributed by atoms with Gasteiger partial charge in [-0.05, 0) is 37.6 Å². The summed E-state index contributed by atoms with van der Waals surface area (Å²) in [4.78, 5) is 12.5. The summed E-state index contributed by atoms with van der Waals surface area (Å²) in [6, 6.07) is 7.75. The number of carbonyl (C=O) groups is 1. The van der Waals surface area contributed by atoms with Gasteiger partial charge in [0, 0.05) is 42.0 Å². The standard InChI is InChI=1S/C23H25FN6O3S/c1-12(17-6-4-5-14(10-25)21(17)27)29-23(31)19-9-20(13(2)30(19)3)34(32,33)16-7-15(11-26)22(28)18(24)8-16/h4-12,25-26H,27-28H2,1-3H3,(H,29,31)/t12-/m1/s1. The van der Waals surface area contributed by atoms with Crippen molar-refractivity contribution in [2.45, 2.75) is 29.7 Å². The van der Waals surface area contributed by atoms with Crippen molar-refractivity contribution < 1.29 is 17.6 Å². The number of aromatic nitrogens is 1. The molecule has 0 bridgehead atoms. The molecule has 0 aliphatic rings. The van der Waals surface area contributed by atoms with E-state index < -0.39 is 27.6 Å². The lowest BCUT2D eigenvalue weighted by molar-refractivity contribution is 0.0931. The maximum absolute atomic E-state index is 14.2. The second kappa shape index (κ2) is 9.10. The van der Waals surface area contributed by atoms with Crippen LogP contribution in [0.15, 0.2) is 46.2 Å². The molecule has 9 nitrogen and oxygen atoms in total. The minimum absolute atomic E-state index is 0.0660. The average Bonchev–Trinajstić information content (AvgIpc) is 3.10. The number of hydrogen-bond donors (Lipinski definition) is 5. The molecule has 2 aromatic carbocycles. The highest BCUT2D eigenvalue weighted by molar-refractivity contribution is 7.91. The Kier molecular flexibility index (Phi) is 6.60. The molecule has 1 heterocycles. The van der Waals surface area contributed by atoms with Crippen LogP contribution in [0.3, 0.4) is 0 Å². The first kappa shape index (κ1) is 24.6. The Balaban J connectivity index is 1.99. The number of nitrogens with two attached hydrogens (primary N) is 2. The summed E-state index contributed by atoms with van der Waals surface area (Å²) in [5.74, 6) is -1.49. The number of hydrogen-bond acceptors (Lipinski definition) is 7. The van der Waals surface area contributed by atoms with Gasteiger partial charge < -0.3 is 32.2 Å². The van der Waals surface area contributed by atoms with Gasteiger partial charge in [-0.3, -0.25) is 4.79 Å². The number of anilines is 2. The molecular formula is C23H25FN6O3S. The smallest absolute Gasteiger partial charge is 0.268 e. The molecule has 11 heteroatoms. The second-order valence-corrected chi connectivity index (χ2v) is 9.70. The molecule has 0 unspecified atom stereocenters. The molecule has 1 aromatic heterocycles. The number of nitrogen functional groups attached to an aromatic ring is 2. The molecule has 3 aromatic rings. The maximum Gasteiger partial charge on any atom is 0.268 e. The van der Waals surface area contributed by atoms with Crippen molar-refractivity contribution >= 4 is 39.5 Å². The first-order valence-electron chi connectivity index (χ1n) is 10.1. The van der Waals surface area contributed by atoms with Crippen molar-refractivity contribution in [1.29, 1.82) is 10.8 Å². The van der Waals surface area contributed by atoms with Gasteiger partial charge >= 0.3 is 0 Å². The largest absolute Gasteiger partial charge is 0.398 e. The lowest BCUT2D eigenvalue weighted by Crippen LogP contribution is -2.29. The Bertz CT molecular complexity index is 1430. The van der Waals surface area contributed by atoms with Gasteiger partial charge in [0.1, 0.15) is 11.5 Å². The topological polar surface area (TPSA) is 168 Å². The molecule has 3 rings (SSSR count). The number of rotatable bonds is 7. The zero-order valence-electron chi connectivity index (χ0n) is 18.8. The van der Waals surface area contributed by atoms with Crippen molar-refractivity contribution in [2.24, 2.45) is 7.05 Å². The second-order valence-electron chi connectivity index (χ2n) is 7.78. The lowest BCUT2D eigenvalue weighted by Gasteiger charge is -2.17. The Hall–Kier alpha value is -3.99. The molecule has 0 radical (unpaired) electrons. The third-order valence-electron chi connectivity index (χ3n) is 5.76. The van der Waals surface area contributed by atoms with E-state index in [1.807, 2.05) is 0 Å². The van der Waals surface area contributed by atoms with E-state index in [0.717, 1.165) is 24.6 Å². The van der Waals surface area contributed by atoms with Crippen molar-refractivity contribution in [3.05, 3.63) is 70.3 Å². The van der Waals surface area contributed by atoms with Gasteiger partial charge in [-0.15, -0.1) is 0 Å². The predicted molar refractivity (Wildman–Crippen MR) is 129 cm³/mol. The highest BCUT2D eigenvalue weighted by Gasteiger charge is 2.28. The van der Waals surface area contributed by atoms with E-state index >= 15 is 0 Å². The Morgan fingerprint density at radius 1 is 1.12 bits per heavy atom.